The molecule has 8 unspecified atom stereocenters. The van der Waals surface area contributed by atoms with Gasteiger partial charge in [0.25, 0.3) is 0 Å². The number of hydrogen-bond acceptors (Lipinski definition) is 8. The van der Waals surface area contributed by atoms with Gasteiger partial charge >= 0.3 is 0 Å². The highest BCUT2D eigenvalue weighted by Crippen LogP contribution is 2.54. The number of hydrogen-bond donors (Lipinski definition) is 2. The number of Topliss-reactive ketones (excluding diaryl/α,β-unsaturated/α-hetero) is 2. The monoisotopic (exact) mass is 385 g/mol. The minimum absolute atomic E-state index is 0.0134. The Kier molecular flexibility index (Phi) is 3.04. The standard InChI is InChI=1S/C20H23N3O5/c1-7-9(5-24)18(26)12-11-6-28-20-10-4-8-14(21-10)16(23(11)20)15(13(12)17(7)25)22-2-3-27-19(8)22/h8,10-11,14-16,19-21,24H,2-6H2,1H3. The van der Waals surface area contributed by atoms with Crippen molar-refractivity contribution in [2.75, 3.05) is 26.4 Å². The van der Waals surface area contributed by atoms with Crippen LogP contribution in [0.25, 0.3) is 0 Å². The number of rotatable bonds is 1. The van der Waals surface area contributed by atoms with Gasteiger partial charge in [0.2, 0.25) is 0 Å². The normalized spacial score (nSPS) is 49.2. The molecule has 1 aliphatic carbocycles. The third-order valence-electron chi connectivity index (χ3n) is 8.17. The van der Waals surface area contributed by atoms with Gasteiger partial charge in [0, 0.05) is 52.9 Å². The Labute approximate surface area is 162 Å². The van der Waals surface area contributed by atoms with E-state index in [0.29, 0.717) is 35.9 Å². The molecule has 8 heteroatoms. The molecule has 6 heterocycles. The molecule has 0 aromatic heterocycles. The first kappa shape index (κ1) is 16.4. The largest absolute Gasteiger partial charge is 0.392 e. The smallest absolute Gasteiger partial charge is 0.189 e. The third kappa shape index (κ3) is 1.63. The molecule has 7 rings (SSSR count). The molecule has 0 aromatic carbocycles. The number of carbonyl (C=O) groups excluding carboxylic acids is 2. The second-order valence-electron chi connectivity index (χ2n) is 9.07. The van der Waals surface area contributed by atoms with Crippen LogP contribution in [-0.4, -0.2) is 95.5 Å². The molecule has 2 bridgehead atoms. The van der Waals surface area contributed by atoms with Crippen molar-refractivity contribution in [3.63, 3.8) is 0 Å². The van der Waals surface area contributed by atoms with E-state index in [1.807, 2.05) is 0 Å². The van der Waals surface area contributed by atoms with E-state index in [1.165, 1.54) is 0 Å². The number of piperazine rings is 1. The van der Waals surface area contributed by atoms with Crippen LogP contribution in [-0.2, 0) is 19.1 Å². The first-order valence-electron chi connectivity index (χ1n) is 10.3. The van der Waals surface area contributed by atoms with Crippen LogP contribution in [0.1, 0.15) is 13.3 Å². The molecule has 5 saturated heterocycles. The topological polar surface area (TPSA) is 91.3 Å². The predicted octanol–water partition coefficient (Wildman–Crippen LogP) is -1.45. The van der Waals surface area contributed by atoms with Gasteiger partial charge < -0.3 is 19.9 Å². The molecule has 28 heavy (non-hydrogen) atoms. The number of nitrogens with zero attached hydrogens (tertiary/aromatic N) is 2. The van der Waals surface area contributed by atoms with E-state index < -0.39 is 6.61 Å². The highest BCUT2D eigenvalue weighted by atomic mass is 16.5. The van der Waals surface area contributed by atoms with Gasteiger partial charge in [-0.15, -0.1) is 0 Å². The summed E-state index contributed by atoms with van der Waals surface area (Å²) in [6, 6.07) is 0.223. The van der Waals surface area contributed by atoms with Gasteiger partial charge in [-0.3, -0.25) is 19.4 Å². The van der Waals surface area contributed by atoms with Crippen molar-refractivity contribution in [2.24, 2.45) is 5.92 Å². The third-order valence-corrected chi connectivity index (χ3v) is 8.17. The van der Waals surface area contributed by atoms with Crippen molar-refractivity contribution >= 4 is 11.6 Å². The molecule has 0 radical (unpaired) electrons. The zero-order chi connectivity index (χ0) is 18.9. The maximum atomic E-state index is 13.5. The number of allylic oxidation sites excluding steroid dienone is 1. The average molecular weight is 385 g/mol. The Morgan fingerprint density at radius 2 is 2.04 bits per heavy atom. The lowest BCUT2D eigenvalue weighted by Crippen LogP contribution is -2.76. The van der Waals surface area contributed by atoms with Gasteiger partial charge in [-0.25, -0.2) is 0 Å². The summed E-state index contributed by atoms with van der Waals surface area (Å²) in [6.07, 6.45) is 0.912. The van der Waals surface area contributed by atoms with Crippen molar-refractivity contribution in [1.29, 1.82) is 0 Å². The molecule has 0 amide bonds. The Morgan fingerprint density at radius 1 is 1.18 bits per heavy atom. The summed E-state index contributed by atoms with van der Waals surface area (Å²) in [4.78, 5) is 31.6. The second-order valence-corrected chi connectivity index (χ2v) is 9.07. The summed E-state index contributed by atoms with van der Waals surface area (Å²) in [5.74, 6) is 0.118. The lowest BCUT2D eigenvalue weighted by molar-refractivity contribution is -0.132. The van der Waals surface area contributed by atoms with E-state index in [0.717, 1.165) is 13.0 Å². The van der Waals surface area contributed by atoms with E-state index in [-0.39, 0.29) is 59.8 Å². The molecule has 5 fully saturated rings. The highest BCUT2D eigenvalue weighted by molar-refractivity contribution is 6.26. The SMILES string of the molecule is CC1=C(CO)C(=O)C2=C(C1=O)C1C3C4NC(CC4C4OCCN41)C1OCC2N13. The number of aliphatic hydroxyl groups excluding tert-OH is 1. The number of ketones is 2. The summed E-state index contributed by atoms with van der Waals surface area (Å²) >= 11 is 0. The summed E-state index contributed by atoms with van der Waals surface area (Å²) < 4.78 is 12.3. The van der Waals surface area contributed by atoms with Crippen molar-refractivity contribution in [1.82, 2.24) is 15.1 Å². The van der Waals surface area contributed by atoms with Crippen LogP contribution in [0.3, 0.4) is 0 Å². The maximum absolute atomic E-state index is 13.5. The second kappa shape index (κ2) is 5.19. The predicted molar refractivity (Wildman–Crippen MR) is 95.0 cm³/mol. The first-order valence-corrected chi connectivity index (χ1v) is 10.3. The molecule has 6 aliphatic heterocycles. The molecule has 2 N–H and O–H groups in total. The number of carbonyl (C=O) groups is 2. The van der Waals surface area contributed by atoms with Crippen molar-refractivity contribution < 1.29 is 24.2 Å². The van der Waals surface area contributed by atoms with Crippen LogP contribution in [0.15, 0.2) is 22.3 Å². The summed E-state index contributed by atoms with van der Waals surface area (Å²) in [7, 11) is 0. The molecule has 8 atom stereocenters. The van der Waals surface area contributed by atoms with Crippen LogP contribution >= 0.6 is 0 Å². The fourth-order valence-corrected chi connectivity index (χ4v) is 7.17. The molecule has 0 spiro atoms. The van der Waals surface area contributed by atoms with Crippen LogP contribution in [0.2, 0.25) is 0 Å². The maximum Gasteiger partial charge on any atom is 0.189 e. The molecule has 7 aliphatic rings. The van der Waals surface area contributed by atoms with Crippen molar-refractivity contribution in [2.45, 2.75) is 56.0 Å². The minimum atomic E-state index is -0.400. The lowest BCUT2D eigenvalue weighted by atomic mass is 9.69. The number of piperidine rings is 1. The molecular formula is C20H23N3O5. The molecule has 8 nitrogen and oxygen atoms in total. The molecule has 0 aromatic rings. The molecular weight excluding hydrogens is 362 g/mol. The minimum Gasteiger partial charge on any atom is -0.392 e. The van der Waals surface area contributed by atoms with E-state index in [9.17, 15) is 14.7 Å². The van der Waals surface area contributed by atoms with E-state index >= 15 is 0 Å². The van der Waals surface area contributed by atoms with Crippen molar-refractivity contribution in [3.05, 3.63) is 22.3 Å². The molecule has 148 valence electrons. The molecule has 0 saturated carbocycles. The number of nitrogens with one attached hydrogen (secondary N) is 1. The van der Waals surface area contributed by atoms with Crippen molar-refractivity contribution in [3.8, 4) is 0 Å². The fourth-order valence-electron chi connectivity index (χ4n) is 7.17. The Balaban J connectivity index is 1.48. The number of ether oxygens (including phenoxy) is 2. The fraction of sp³-hybridized carbons (Fsp3) is 0.700. The average Bonchev–Trinajstić information content (AvgIpc) is 3.40. The van der Waals surface area contributed by atoms with Crippen LogP contribution < -0.4 is 5.32 Å². The Bertz CT molecular complexity index is 896. The van der Waals surface area contributed by atoms with E-state index in [1.54, 1.807) is 6.92 Å². The Morgan fingerprint density at radius 3 is 2.86 bits per heavy atom. The van der Waals surface area contributed by atoms with Gasteiger partial charge in [-0.05, 0) is 13.3 Å². The zero-order valence-electron chi connectivity index (χ0n) is 15.6. The summed E-state index contributed by atoms with van der Waals surface area (Å²) in [6.45, 7) is 3.13. The van der Waals surface area contributed by atoms with Gasteiger partial charge in [0.1, 0.15) is 12.5 Å². The summed E-state index contributed by atoms with van der Waals surface area (Å²) in [5.41, 5.74) is 1.83. The van der Waals surface area contributed by atoms with Crippen LogP contribution in [0.4, 0.5) is 0 Å². The lowest BCUT2D eigenvalue weighted by Gasteiger charge is -2.58. The van der Waals surface area contributed by atoms with Crippen LogP contribution in [0.5, 0.6) is 0 Å². The zero-order valence-corrected chi connectivity index (χ0v) is 15.6. The Hall–Kier alpha value is -1.42. The van der Waals surface area contributed by atoms with Gasteiger partial charge in [-0.2, -0.15) is 0 Å². The van der Waals surface area contributed by atoms with E-state index in [2.05, 4.69) is 15.1 Å². The number of fused-ring (bicyclic) bond motifs is 7. The highest BCUT2D eigenvalue weighted by Gasteiger charge is 2.68. The van der Waals surface area contributed by atoms with Gasteiger partial charge in [0.05, 0.1) is 31.9 Å². The van der Waals surface area contributed by atoms with Gasteiger partial charge in [-0.1, -0.05) is 0 Å². The van der Waals surface area contributed by atoms with Gasteiger partial charge in [0.15, 0.2) is 11.6 Å². The number of aliphatic hydroxyl groups is 1. The first-order chi connectivity index (χ1) is 13.6. The van der Waals surface area contributed by atoms with Crippen LogP contribution in [0, 0.1) is 5.92 Å². The summed E-state index contributed by atoms with van der Waals surface area (Å²) in [5, 5.41) is 13.5. The van der Waals surface area contributed by atoms with E-state index in [4.69, 9.17) is 9.47 Å². The quantitative estimate of drug-likeness (QED) is 0.530.